The molecule has 0 saturated heterocycles. The molecule has 1 aromatic heterocycles. The van der Waals surface area contributed by atoms with Gasteiger partial charge in [-0.2, -0.15) is 5.10 Å². The number of aromatic nitrogens is 2. The minimum Gasteiger partial charge on any atom is -0.389 e. The number of ether oxygens (including phenoxy) is 1. The largest absolute Gasteiger partial charge is 0.389 e. The quantitative estimate of drug-likeness (QED) is 0.763. The second kappa shape index (κ2) is 6.61. The van der Waals surface area contributed by atoms with Crippen LogP contribution in [0.5, 0.6) is 0 Å². The van der Waals surface area contributed by atoms with Crippen molar-refractivity contribution in [3.63, 3.8) is 0 Å². The van der Waals surface area contributed by atoms with Gasteiger partial charge in [-0.1, -0.05) is 19.1 Å². The highest BCUT2D eigenvalue weighted by atomic mass is 32.1. The van der Waals surface area contributed by atoms with Crippen LogP contribution >= 0.6 is 12.2 Å². The minimum absolute atomic E-state index is 0.166. The van der Waals surface area contributed by atoms with Crippen molar-refractivity contribution in [1.82, 2.24) is 10.2 Å². The van der Waals surface area contributed by atoms with Crippen LogP contribution in [0, 0.1) is 13.8 Å². The monoisotopic (exact) mass is 268 g/mol. The van der Waals surface area contributed by atoms with Crippen molar-refractivity contribution in [3.05, 3.63) is 16.8 Å². The summed E-state index contributed by atoms with van der Waals surface area (Å²) in [6.45, 7) is 6.51. The van der Waals surface area contributed by atoms with Gasteiger partial charge in [0.15, 0.2) is 5.82 Å². The van der Waals surface area contributed by atoms with Crippen molar-refractivity contribution in [2.45, 2.75) is 33.2 Å². The molecule has 0 radical (unpaired) electrons. The number of aryl methyl sites for hydroxylation is 1. The molecule has 0 bridgehead atoms. The zero-order valence-corrected chi connectivity index (χ0v) is 12.1. The summed E-state index contributed by atoms with van der Waals surface area (Å²) < 4.78 is 5.15. The van der Waals surface area contributed by atoms with Crippen LogP contribution in [0.25, 0.3) is 0 Å². The van der Waals surface area contributed by atoms with E-state index >= 15 is 0 Å². The second-order valence-electron chi connectivity index (χ2n) is 4.20. The first-order valence-electron chi connectivity index (χ1n) is 5.90. The predicted octanol–water partition coefficient (Wildman–Crippen LogP) is 1.56. The Morgan fingerprint density at radius 3 is 2.61 bits per heavy atom. The van der Waals surface area contributed by atoms with E-state index in [-0.39, 0.29) is 6.04 Å². The third-order valence-electron chi connectivity index (χ3n) is 2.90. The number of hydrogen-bond acceptors (Lipinski definition) is 5. The van der Waals surface area contributed by atoms with Crippen molar-refractivity contribution < 1.29 is 4.74 Å². The molecule has 6 heteroatoms. The lowest BCUT2D eigenvalue weighted by Crippen LogP contribution is -2.27. The molecule has 0 aliphatic heterocycles. The van der Waals surface area contributed by atoms with Gasteiger partial charge in [0.05, 0.1) is 23.9 Å². The van der Waals surface area contributed by atoms with Crippen LogP contribution < -0.4 is 11.1 Å². The fourth-order valence-corrected chi connectivity index (χ4v) is 1.92. The maximum Gasteiger partial charge on any atom is 0.159 e. The smallest absolute Gasteiger partial charge is 0.159 e. The third kappa shape index (κ3) is 3.36. The standard InChI is InChI=1S/C12H20N4OS/c1-5-9(6-17-4)14-12-10(11(13)18)7(2)8(3)15-16-12/h9H,5-6H2,1-4H3,(H2,13,18)(H,14,16). The molecule has 5 nitrogen and oxygen atoms in total. The van der Waals surface area contributed by atoms with Crippen LogP contribution in [0.3, 0.4) is 0 Å². The minimum atomic E-state index is 0.166. The molecule has 0 amide bonds. The number of rotatable bonds is 6. The third-order valence-corrected chi connectivity index (χ3v) is 3.11. The van der Waals surface area contributed by atoms with Gasteiger partial charge in [-0.05, 0) is 25.8 Å². The SMILES string of the molecule is CCC(COC)Nc1nnc(C)c(C)c1C(N)=S. The van der Waals surface area contributed by atoms with Gasteiger partial charge in [-0.25, -0.2) is 0 Å². The molecule has 1 heterocycles. The maximum atomic E-state index is 5.77. The van der Waals surface area contributed by atoms with Gasteiger partial charge in [-0.3, -0.25) is 0 Å². The van der Waals surface area contributed by atoms with Crippen LogP contribution in [0.4, 0.5) is 5.82 Å². The molecule has 0 aromatic carbocycles. The summed E-state index contributed by atoms with van der Waals surface area (Å²) in [5, 5.41) is 11.5. The van der Waals surface area contributed by atoms with Crippen molar-refractivity contribution in [2.24, 2.45) is 5.73 Å². The Balaban J connectivity index is 3.08. The molecular formula is C12H20N4OS. The van der Waals surface area contributed by atoms with Crippen molar-refractivity contribution in [3.8, 4) is 0 Å². The summed E-state index contributed by atoms with van der Waals surface area (Å²) in [7, 11) is 1.67. The molecular weight excluding hydrogens is 248 g/mol. The average molecular weight is 268 g/mol. The van der Waals surface area contributed by atoms with Crippen LogP contribution in [0.2, 0.25) is 0 Å². The molecule has 0 saturated carbocycles. The second-order valence-corrected chi connectivity index (χ2v) is 4.64. The van der Waals surface area contributed by atoms with Crippen molar-refractivity contribution in [1.29, 1.82) is 0 Å². The van der Waals surface area contributed by atoms with Crippen LogP contribution in [0.15, 0.2) is 0 Å². The summed E-state index contributed by atoms with van der Waals surface area (Å²) in [6.07, 6.45) is 0.916. The molecule has 1 rings (SSSR count). The Morgan fingerprint density at radius 1 is 1.44 bits per heavy atom. The van der Waals surface area contributed by atoms with Gasteiger partial charge in [0.25, 0.3) is 0 Å². The first-order chi connectivity index (χ1) is 8.51. The van der Waals surface area contributed by atoms with Gasteiger partial charge >= 0.3 is 0 Å². The van der Waals surface area contributed by atoms with Crippen LogP contribution in [-0.4, -0.2) is 34.9 Å². The summed E-state index contributed by atoms with van der Waals surface area (Å²) in [5.41, 5.74) is 8.34. The van der Waals surface area contributed by atoms with Crippen LogP contribution in [0.1, 0.15) is 30.2 Å². The summed E-state index contributed by atoms with van der Waals surface area (Å²) in [4.78, 5) is 0.334. The predicted molar refractivity (Wildman–Crippen MR) is 77.0 cm³/mol. The number of hydrogen-bond donors (Lipinski definition) is 2. The number of anilines is 1. The van der Waals surface area contributed by atoms with Gasteiger partial charge in [-0.15, -0.1) is 5.10 Å². The number of nitrogens with one attached hydrogen (secondary N) is 1. The normalized spacial score (nSPS) is 12.2. The Hall–Kier alpha value is -1.27. The lowest BCUT2D eigenvalue weighted by Gasteiger charge is -2.19. The van der Waals surface area contributed by atoms with E-state index in [0.717, 1.165) is 23.2 Å². The molecule has 18 heavy (non-hydrogen) atoms. The fourth-order valence-electron chi connectivity index (χ4n) is 1.67. The van der Waals surface area contributed by atoms with Crippen molar-refractivity contribution >= 4 is 23.0 Å². The maximum absolute atomic E-state index is 5.77. The van der Waals surface area contributed by atoms with E-state index in [1.165, 1.54) is 0 Å². The molecule has 1 aromatic rings. The van der Waals surface area contributed by atoms with Gasteiger partial charge < -0.3 is 15.8 Å². The summed E-state index contributed by atoms with van der Waals surface area (Å²) in [6, 6.07) is 0.166. The lowest BCUT2D eigenvalue weighted by molar-refractivity contribution is 0.184. The van der Waals surface area contributed by atoms with Gasteiger partial charge in [0.1, 0.15) is 4.99 Å². The van der Waals surface area contributed by atoms with E-state index in [0.29, 0.717) is 17.4 Å². The van der Waals surface area contributed by atoms with Gasteiger partial charge in [0, 0.05) is 7.11 Å². The zero-order valence-electron chi connectivity index (χ0n) is 11.3. The van der Waals surface area contributed by atoms with Crippen LogP contribution in [-0.2, 0) is 4.74 Å². The molecule has 0 spiro atoms. The highest BCUT2D eigenvalue weighted by molar-refractivity contribution is 7.80. The highest BCUT2D eigenvalue weighted by Gasteiger charge is 2.16. The van der Waals surface area contributed by atoms with Gasteiger partial charge in [0.2, 0.25) is 0 Å². The first kappa shape index (κ1) is 14.8. The highest BCUT2D eigenvalue weighted by Crippen LogP contribution is 2.19. The first-order valence-corrected chi connectivity index (χ1v) is 6.31. The number of nitrogens with two attached hydrogens (primary N) is 1. The molecule has 1 unspecified atom stereocenters. The molecule has 0 aliphatic carbocycles. The molecule has 3 N–H and O–H groups in total. The molecule has 100 valence electrons. The Kier molecular flexibility index (Phi) is 5.43. The Labute approximate surface area is 113 Å². The Morgan fingerprint density at radius 2 is 2.11 bits per heavy atom. The van der Waals surface area contributed by atoms with E-state index in [2.05, 4.69) is 22.4 Å². The van der Waals surface area contributed by atoms with E-state index in [1.54, 1.807) is 7.11 Å². The zero-order chi connectivity index (χ0) is 13.7. The summed E-state index contributed by atoms with van der Waals surface area (Å²) in [5.74, 6) is 0.634. The number of thiocarbonyl (C=S) groups is 1. The molecule has 0 aliphatic rings. The summed E-state index contributed by atoms with van der Waals surface area (Å²) >= 11 is 5.09. The molecule has 0 fully saturated rings. The Bertz CT molecular complexity index is 436. The topological polar surface area (TPSA) is 73.1 Å². The fraction of sp³-hybridized carbons (Fsp3) is 0.583. The van der Waals surface area contributed by atoms with Crippen molar-refractivity contribution in [2.75, 3.05) is 19.0 Å². The van der Waals surface area contributed by atoms with E-state index < -0.39 is 0 Å². The average Bonchev–Trinajstić information content (AvgIpc) is 2.32. The van der Waals surface area contributed by atoms with E-state index in [4.69, 9.17) is 22.7 Å². The number of methoxy groups -OCH3 is 1. The van der Waals surface area contributed by atoms with E-state index in [9.17, 15) is 0 Å². The lowest BCUT2D eigenvalue weighted by atomic mass is 10.1. The molecule has 1 atom stereocenters. The number of nitrogens with zero attached hydrogens (tertiary/aromatic N) is 2. The van der Waals surface area contributed by atoms with E-state index in [1.807, 2.05) is 13.8 Å².